The molecule has 1 aliphatic rings. The largest absolute Gasteiger partial charge is 0.394 e. The minimum absolute atomic E-state index is 0.0164. The molecule has 3 heterocycles. The third-order valence-electron chi connectivity index (χ3n) is 6.17. The molecule has 1 fully saturated rings. The smallest absolute Gasteiger partial charge is 0.266 e. The topological polar surface area (TPSA) is 140 Å². The summed E-state index contributed by atoms with van der Waals surface area (Å²) in [5.74, 6) is -1.19. The van der Waals surface area contributed by atoms with Crippen LogP contribution in [0.15, 0.2) is 86.0 Å². The van der Waals surface area contributed by atoms with E-state index in [4.69, 9.17) is 9.47 Å². The standard InChI is InChI=1S/C27H25N5O6/c1-2-13-37-22-21(34)19(14-33)38-27(22)31-16-30-20-23(31)28-15-29-24(20)32(25(35)17-9-5-3-6-10-17)26(36)18-11-7-4-8-12-18/h2-12,15-16,19,21-22,27,33-34H,1,13-14H2/t19-,21-,22-,27-/m1/s1. The van der Waals surface area contributed by atoms with Crippen LogP contribution >= 0.6 is 0 Å². The summed E-state index contributed by atoms with van der Waals surface area (Å²) in [7, 11) is 0. The first-order valence-electron chi connectivity index (χ1n) is 11.9. The zero-order chi connectivity index (χ0) is 26.6. The molecule has 1 saturated heterocycles. The molecule has 4 aromatic rings. The van der Waals surface area contributed by atoms with Crippen LogP contribution in [0.2, 0.25) is 0 Å². The predicted octanol–water partition coefficient (Wildman–Crippen LogP) is 2.14. The van der Waals surface area contributed by atoms with Crippen LogP contribution in [-0.2, 0) is 9.47 Å². The molecular formula is C27H25N5O6. The Morgan fingerprint density at radius 1 is 1.03 bits per heavy atom. The number of benzene rings is 2. The quantitative estimate of drug-likeness (QED) is 0.267. The number of hydrogen-bond acceptors (Lipinski definition) is 9. The Labute approximate surface area is 217 Å². The lowest BCUT2D eigenvalue weighted by Gasteiger charge is -2.22. The van der Waals surface area contributed by atoms with E-state index in [-0.39, 0.29) is 34.7 Å². The first-order valence-corrected chi connectivity index (χ1v) is 11.9. The van der Waals surface area contributed by atoms with Crippen LogP contribution < -0.4 is 4.90 Å². The molecule has 2 N–H and O–H groups in total. The average molecular weight is 516 g/mol. The van der Waals surface area contributed by atoms with E-state index in [1.165, 1.54) is 23.3 Å². The number of carbonyl (C=O) groups is 2. The van der Waals surface area contributed by atoms with Crippen LogP contribution in [0, 0.1) is 0 Å². The van der Waals surface area contributed by atoms with Gasteiger partial charge in [-0.2, -0.15) is 0 Å². The number of nitrogens with zero attached hydrogens (tertiary/aromatic N) is 5. The molecular weight excluding hydrogens is 490 g/mol. The number of imidazole rings is 1. The minimum atomic E-state index is -1.13. The molecule has 194 valence electrons. The lowest BCUT2D eigenvalue weighted by molar-refractivity contribution is -0.0645. The van der Waals surface area contributed by atoms with Crippen LogP contribution in [0.25, 0.3) is 11.2 Å². The van der Waals surface area contributed by atoms with Gasteiger partial charge in [0.1, 0.15) is 24.6 Å². The lowest BCUT2D eigenvalue weighted by Crippen LogP contribution is -2.38. The van der Waals surface area contributed by atoms with Gasteiger partial charge in [-0.05, 0) is 24.3 Å². The summed E-state index contributed by atoms with van der Waals surface area (Å²) in [5.41, 5.74) is 0.974. The lowest BCUT2D eigenvalue weighted by atomic mass is 10.1. The number of ether oxygens (including phenoxy) is 2. The van der Waals surface area contributed by atoms with E-state index < -0.39 is 43.0 Å². The van der Waals surface area contributed by atoms with Crippen LogP contribution in [-0.4, -0.2) is 73.1 Å². The Hall–Kier alpha value is -4.29. The van der Waals surface area contributed by atoms with Gasteiger partial charge in [0.15, 0.2) is 23.2 Å². The zero-order valence-corrected chi connectivity index (χ0v) is 20.2. The molecule has 0 unspecified atom stereocenters. The summed E-state index contributed by atoms with van der Waals surface area (Å²) in [4.78, 5) is 41.3. The molecule has 11 heteroatoms. The van der Waals surface area contributed by atoms with Crippen LogP contribution in [0.1, 0.15) is 26.9 Å². The van der Waals surface area contributed by atoms with Crippen molar-refractivity contribution in [3.05, 3.63) is 97.1 Å². The van der Waals surface area contributed by atoms with Crippen molar-refractivity contribution < 1.29 is 29.3 Å². The van der Waals surface area contributed by atoms with Gasteiger partial charge in [-0.15, -0.1) is 6.58 Å². The van der Waals surface area contributed by atoms with Crippen molar-refractivity contribution in [2.24, 2.45) is 0 Å². The summed E-state index contributed by atoms with van der Waals surface area (Å²) in [6.07, 6.45) is 0.358. The molecule has 2 amide bonds. The fourth-order valence-corrected chi connectivity index (χ4v) is 4.35. The molecule has 11 nitrogen and oxygen atoms in total. The highest BCUT2D eigenvalue weighted by Crippen LogP contribution is 2.35. The second-order valence-electron chi connectivity index (χ2n) is 8.52. The Bertz CT molecular complexity index is 1390. The van der Waals surface area contributed by atoms with E-state index in [9.17, 15) is 19.8 Å². The Morgan fingerprint density at radius 3 is 2.24 bits per heavy atom. The van der Waals surface area contributed by atoms with Crippen LogP contribution in [0.3, 0.4) is 0 Å². The van der Waals surface area contributed by atoms with Crippen molar-refractivity contribution in [3.63, 3.8) is 0 Å². The normalized spacial score (nSPS) is 20.9. The molecule has 4 atom stereocenters. The molecule has 0 aliphatic carbocycles. The van der Waals surface area contributed by atoms with Gasteiger partial charge >= 0.3 is 0 Å². The number of aliphatic hydroxyl groups is 2. The molecule has 0 bridgehead atoms. The first-order chi connectivity index (χ1) is 18.5. The van der Waals surface area contributed by atoms with Crippen LogP contribution in [0.4, 0.5) is 5.82 Å². The summed E-state index contributed by atoms with van der Waals surface area (Å²) in [6.45, 7) is 3.34. The second kappa shape index (κ2) is 11.0. The predicted molar refractivity (Wildman–Crippen MR) is 136 cm³/mol. The fourth-order valence-electron chi connectivity index (χ4n) is 4.35. The fraction of sp³-hybridized carbons (Fsp3) is 0.222. The van der Waals surface area contributed by atoms with Gasteiger partial charge in [0.25, 0.3) is 11.8 Å². The SMILES string of the molecule is C=CCO[C@@H]1[C@H](O)[C@@H](CO)O[C@H]1n1cnc2c(N(C(=O)c3ccccc3)C(=O)c3ccccc3)ncnc21. The number of imide groups is 1. The number of hydrogen-bond donors (Lipinski definition) is 2. The highest BCUT2D eigenvalue weighted by Gasteiger charge is 2.46. The maximum Gasteiger partial charge on any atom is 0.266 e. The van der Waals surface area contributed by atoms with E-state index in [1.54, 1.807) is 60.7 Å². The molecule has 38 heavy (non-hydrogen) atoms. The number of aliphatic hydroxyl groups excluding tert-OH is 2. The van der Waals surface area contributed by atoms with E-state index in [2.05, 4.69) is 21.5 Å². The van der Waals surface area contributed by atoms with E-state index in [0.29, 0.717) is 0 Å². The highest BCUT2D eigenvalue weighted by atomic mass is 16.6. The van der Waals surface area contributed by atoms with Gasteiger partial charge in [-0.3, -0.25) is 14.2 Å². The summed E-state index contributed by atoms with van der Waals surface area (Å²) < 4.78 is 13.1. The number of aromatic nitrogens is 4. The summed E-state index contributed by atoms with van der Waals surface area (Å²) in [6, 6.07) is 16.8. The Balaban J connectivity index is 1.61. The monoisotopic (exact) mass is 515 g/mol. The minimum Gasteiger partial charge on any atom is -0.394 e. The number of amides is 2. The van der Waals surface area contributed by atoms with Gasteiger partial charge < -0.3 is 19.7 Å². The Morgan fingerprint density at radius 2 is 1.66 bits per heavy atom. The molecule has 0 spiro atoms. The van der Waals surface area contributed by atoms with Gasteiger partial charge in [0, 0.05) is 11.1 Å². The van der Waals surface area contributed by atoms with Crippen LogP contribution in [0.5, 0.6) is 0 Å². The van der Waals surface area contributed by atoms with Crippen molar-refractivity contribution in [1.29, 1.82) is 0 Å². The average Bonchev–Trinajstić information content (AvgIpc) is 3.53. The number of fused-ring (bicyclic) bond motifs is 1. The number of rotatable bonds is 8. The Kier molecular flexibility index (Phi) is 7.33. The van der Waals surface area contributed by atoms with Crippen molar-refractivity contribution in [3.8, 4) is 0 Å². The van der Waals surface area contributed by atoms with Crippen molar-refractivity contribution >= 4 is 28.8 Å². The first kappa shape index (κ1) is 25.4. The van der Waals surface area contributed by atoms with Gasteiger partial charge in [0.05, 0.1) is 19.5 Å². The summed E-state index contributed by atoms with van der Waals surface area (Å²) in [5, 5.41) is 20.3. The molecule has 2 aromatic carbocycles. The van der Waals surface area contributed by atoms with Gasteiger partial charge in [-0.1, -0.05) is 42.5 Å². The molecule has 0 saturated carbocycles. The highest BCUT2D eigenvalue weighted by molar-refractivity contribution is 6.27. The van der Waals surface area contributed by atoms with Gasteiger partial charge in [-0.25, -0.2) is 19.9 Å². The molecule has 0 radical (unpaired) electrons. The maximum atomic E-state index is 13.7. The maximum absolute atomic E-state index is 13.7. The van der Waals surface area contributed by atoms with E-state index >= 15 is 0 Å². The summed E-state index contributed by atoms with van der Waals surface area (Å²) >= 11 is 0. The van der Waals surface area contributed by atoms with Crippen molar-refractivity contribution in [1.82, 2.24) is 19.5 Å². The second-order valence-corrected chi connectivity index (χ2v) is 8.52. The molecule has 2 aromatic heterocycles. The van der Waals surface area contributed by atoms with Crippen molar-refractivity contribution in [2.75, 3.05) is 18.1 Å². The number of anilines is 1. The third-order valence-corrected chi connectivity index (χ3v) is 6.17. The number of carbonyl (C=O) groups excluding carboxylic acids is 2. The van der Waals surface area contributed by atoms with Gasteiger partial charge in [0.2, 0.25) is 0 Å². The molecule has 1 aliphatic heterocycles. The molecule has 5 rings (SSSR count). The van der Waals surface area contributed by atoms with Crippen molar-refractivity contribution in [2.45, 2.75) is 24.5 Å². The van der Waals surface area contributed by atoms with E-state index in [0.717, 1.165) is 4.90 Å². The zero-order valence-electron chi connectivity index (χ0n) is 20.2. The third kappa shape index (κ3) is 4.59. The van der Waals surface area contributed by atoms with E-state index in [1.807, 2.05) is 0 Å².